The number of nitrogens with two attached hydrogens (primary N) is 1. The van der Waals surface area contributed by atoms with Crippen molar-refractivity contribution in [2.24, 2.45) is 5.73 Å². The third-order valence-electron chi connectivity index (χ3n) is 3.22. The molecule has 0 aromatic heterocycles. The van der Waals surface area contributed by atoms with E-state index in [9.17, 15) is 0 Å². The lowest BCUT2D eigenvalue weighted by Crippen LogP contribution is -2.03. The van der Waals surface area contributed by atoms with Crippen molar-refractivity contribution in [3.8, 4) is 5.75 Å². The highest BCUT2D eigenvalue weighted by Gasteiger charge is 2.08. The summed E-state index contributed by atoms with van der Waals surface area (Å²) in [6.45, 7) is 4.92. The highest BCUT2D eigenvalue weighted by molar-refractivity contribution is 5.94. The Kier molecular flexibility index (Phi) is 3.34. The molecule has 0 radical (unpaired) electrons. The lowest BCUT2D eigenvalue weighted by molar-refractivity contribution is 0.419. The second-order valence-electron chi connectivity index (χ2n) is 4.46. The third kappa shape index (κ3) is 2.13. The van der Waals surface area contributed by atoms with Gasteiger partial charge in [0.05, 0.1) is 7.11 Å². The van der Waals surface area contributed by atoms with Gasteiger partial charge in [0.2, 0.25) is 0 Å². The summed E-state index contributed by atoms with van der Waals surface area (Å²) in [5.74, 6) is 0.951. The van der Waals surface area contributed by atoms with Crippen LogP contribution in [-0.4, -0.2) is 13.7 Å². The Labute approximate surface area is 102 Å². The van der Waals surface area contributed by atoms with Gasteiger partial charge in [-0.3, -0.25) is 0 Å². The Morgan fingerprint density at radius 1 is 1.12 bits per heavy atom. The minimum Gasteiger partial charge on any atom is -0.496 e. The van der Waals surface area contributed by atoms with Gasteiger partial charge in [-0.1, -0.05) is 18.2 Å². The van der Waals surface area contributed by atoms with Gasteiger partial charge in [0.1, 0.15) is 5.75 Å². The fourth-order valence-corrected chi connectivity index (χ4v) is 2.29. The lowest BCUT2D eigenvalue weighted by atomic mass is 9.97. The van der Waals surface area contributed by atoms with Crippen LogP contribution in [0.25, 0.3) is 10.8 Å². The summed E-state index contributed by atoms with van der Waals surface area (Å²) in [7, 11) is 1.72. The van der Waals surface area contributed by atoms with Crippen LogP contribution in [0.1, 0.15) is 16.7 Å². The Bertz CT molecular complexity index is 546. The van der Waals surface area contributed by atoms with E-state index in [-0.39, 0.29) is 0 Å². The largest absolute Gasteiger partial charge is 0.496 e. The molecule has 0 atom stereocenters. The molecule has 0 bridgehead atoms. The van der Waals surface area contributed by atoms with Crippen molar-refractivity contribution >= 4 is 10.8 Å². The van der Waals surface area contributed by atoms with Gasteiger partial charge >= 0.3 is 0 Å². The first-order valence-corrected chi connectivity index (χ1v) is 5.94. The lowest BCUT2D eigenvalue weighted by Gasteiger charge is -2.13. The second-order valence-corrected chi connectivity index (χ2v) is 4.46. The zero-order valence-electron chi connectivity index (χ0n) is 10.7. The van der Waals surface area contributed by atoms with E-state index in [2.05, 4.69) is 38.1 Å². The molecule has 0 aliphatic carbocycles. The predicted octanol–water partition coefficient (Wildman–Crippen LogP) is 2.97. The van der Waals surface area contributed by atoms with Crippen molar-refractivity contribution in [1.29, 1.82) is 0 Å². The first-order chi connectivity index (χ1) is 8.17. The highest BCUT2D eigenvalue weighted by atomic mass is 16.5. The number of aryl methyl sites for hydroxylation is 2. The predicted molar refractivity (Wildman–Crippen MR) is 72.7 cm³/mol. The van der Waals surface area contributed by atoms with Crippen molar-refractivity contribution in [2.45, 2.75) is 20.3 Å². The molecule has 0 aliphatic rings. The van der Waals surface area contributed by atoms with E-state index in [1.54, 1.807) is 7.11 Å². The molecule has 2 rings (SSSR count). The number of rotatable bonds is 3. The molecule has 2 aromatic rings. The summed E-state index contributed by atoms with van der Waals surface area (Å²) in [5.41, 5.74) is 9.40. The van der Waals surface area contributed by atoms with Crippen LogP contribution < -0.4 is 10.5 Å². The van der Waals surface area contributed by atoms with E-state index in [1.165, 1.54) is 27.5 Å². The monoisotopic (exact) mass is 229 g/mol. The minimum atomic E-state index is 0.666. The van der Waals surface area contributed by atoms with Gasteiger partial charge in [0, 0.05) is 5.39 Å². The maximum absolute atomic E-state index is 5.62. The van der Waals surface area contributed by atoms with Gasteiger partial charge in [-0.2, -0.15) is 0 Å². The number of hydrogen-bond donors (Lipinski definition) is 1. The third-order valence-corrected chi connectivity index (χ3v) is 3.22. The number of ether oxygens (including phenoxy) is 1. The molecule has 2 aromatic carbocycles. The van der Waals surface area contributed by atoms with Crippen LogP contribution in [0, 0.1) is 13.8 Å². The van der Waals surface area contributed by atoms with Gasteiger partial charge in [0.25, 0.3) is 0 Å². The summed E-state index contributed by atoms with van der Waals surface area (Å²) in [4.78, 5) is 0. The van der Waals surface area contributed by atoms with Gasteiger partial charge in [-0.15, -0.1) is 0 Å². The van der Waals surface area contributed by atoms with Crippen molar-refractivity contribution < 1.29 is 4.74 Å². The van der Waals surface area contributed by atoms with Crippen molar-refractivity contribution in [1.82, 2.24) is 0 Å². The summed E-state index contributed by atoms with van der Waals surface area (Å²) >= 11 is 0. The van der Waals surface area contributed by atoms with Crippen molar-refractivity contribution in [3.05, 3.63) is 41.0 Å². The Morgan fingerprint density at radius 2 is 1.82 bits per heavy atom. The van der Waals surface area contributed by atoms with E-state index < -0.39 is 0 Å². The Morgan fingerprint density at radius 3 is 2.47 bits per heavy atom. The zero-order chi connectivity index (χ0) is 12.4. The summed E-state index contributed by atoms with van der Waals surface area (Å²) in [6.07, 6.45) is 0.889. The zero-order valence-corrected chi connectivity index (χ0v) is 10.7. The molecule has 2 nitrogen and oxygen atoms in total. The number of fused-ring (bicyclic) bond motifs is 1. The van der Waals surface area contributed by atoms with E-state index >= 15 is 0 Å². The van der Waals surface area contributed by atoms with E-state index in [4.69, 9.17) is 10.5 Å². The molecule has 0 heterocycles. The molecule has 0 unspecified atom stereocenters. The number of benzene rings is 2. The molecule has 0 amide bonds. The molecule has 0 aliphatic heterocycles. The summed E-state index contributed by atoms with van der Waals surface area (Å²) < 4.78 is 5.51. The summed E-state index contributed by atoms with van der Waals surface area (Å²) in [6, 6.07) is 8.63. The summed E-state index contributed by atoms with van der Waals surface area (Å²) in [5, 5.41) is 2.49. The average Bonchev–Trinajstić information content (AvgIpc) is 2.33. The molecule has 2 heteroatoms. The van der Waals surface area contributed by atoms with Crippen LogP contribution >= 0.6 is 0 Å². The minimum absolute atomic E-state index is 0.666. The fourth-order valence-electron chi connectivity index (χ4n) is 2.29. The Hall–Kier alpha value is -1.54. The Balaban J connectivity index is 2.77. The highest BCUT2D eigenvalue weighted by Crippen LogP contribution is 2.32. The quantitative estimate of drug-likeness (QED) is 0.878. The van der Waals surface area contributed by atoms with Gasteiger partial charge in [-0.25, -0.2) is 0 Å². The van der Waals surface area contributed by atoms with Crippen LogP contribution in [0.4, 0.5) is 0 Å². The average molecular weight is 229 g/mol. The molecular formula is C15H19NO. The van der Waals surface area contributed by atoms with Gasteiger partial charge in [-0.05, 0) is 55.0 Å². The topological polar surface area (TPSA) is 35.2 Å². The molecule has 0 fully saturated rings. The maximum Gasteiger partial charge on any atom is 0.127 e. The van der Waals surface area contributed by atoms with Crippen LogP contribution in [0.5, 0.6) is 5.75 Å². The second kappa shape index (κ2) is 4.76. The molecular weight excluding hydrogens is 210 g/mol. The molecule has 0 spiro atoms. The van der Waals surface area contributed by atoms with Gasteiger partial charge in [0.15, 0.2) is 0 Å². The fraction of sp³-hybridized carbons (Fsp3) is 0.333. The molecule has 2 N–H and O–H groups in total. The van der Waals surface area contributed by atoms with Crippen molar-refractivity contribution in [2.75, 3.05) is 13.7 Å². The smallest absolute Gasteiger partial charge is 0.127 e. The molecule has 0 saturated carbocycles. The molecule has 0 saturated heterocycles. The van der Waals surface area contributed by atoms with E-state index in [0.717, 1.165) is 12.2 Å². The normalized spacial score (nSPS) is 10.8. The first-order valence-electron chi connectivity index (χ1n) is 5.94. The molecule has 90 valence electrons. The van der Waals surface area contributed by atoms with E-state index in [1.807, 2.05) is 0 Å². The van der Waals surface area contributed by atoms with Crippen LogP contribution in [0.2, 0.25) is 0 Å². The SMILES string of the molecule is COc1cc(CCN)cc2c(C)ccc(C)c12. The van der Waals surface area contributed by atoms with Gasteiger partial charge < -0.3 is 10.5 Å². The number of methoxy groups -OCH3 is 1. The first kappa shape index (κ1) is 11.9. The standard InChI is InChI=1S/C15H19NO/c1-10-4-5-11(2)15-13(10)8-12(6-7-16)9-14(15)17-3/h4-5,8-9H,6-7,16H2,1-3H3. The molecule has 17 heavy (non-hydrogen) atoms. The van der Waals surface area contributed by atoms with E-state index in [0.29, 0.717) is 6.54 Å². The maximum atomic E-state index is 5.62. The van der Waals surface area contributed by atoms with Crippen LogP contribution in [-0.2, 0) is 6.42 Å². The van der Waals surface area contributed by atoms with Crippen LogP contribution in [0.3, 0.4) is 0 Å². The number of hydrogen-bond acceptors (Lipinski definition) is 2. The van der Waals surface area contributed by atoms with Crippen molar-refractivity contribution in [3.63, 3.8) is 0 Å². The van der Waals surface area contributed by atoms with Crippen LogP contribution in [0.15, 0.2) is 24.3 Å².